The Hall–Kier alpha value is -1.93. The molecule has 0 radical (unpaired) electrons. The van der Waals surface area contributed by atoms with Crippen molar-refractivity contribution in [3.8, 4) is 12.1 Å². The molecule has 0 aliphatic carbocycles. The van der Waals surface area contributed by atoms with Crippen LogP contribution in [0.2, 0.25) is 0 Å². The first-order chi connectivity index (χ1) is 5.38. The average molecular weight is 141 g/mol. The third-order valence-corrected chi connectivity index (χ3v) is 1.28. The van der Waals surface area contributed by atoms with Crippen molar-refractivity contribution >= 4 is 0 Å². The van der Waals surface area contributed by atoms with Crippen molar-refractivity contribution in [1.82, 2.24) is 0 Å². The van der Waals surface area contributed by atoms with Gasteiger partial charge in [0.1, 0.15) is 11.6 Å². The zero-order valence-corrected chi connectivity index (χ0v) is 5.78. The monoisotopic (exact) mass is 141 g/mol. The summed E-state index contributed by atoms with van der Waals surface area (Å²) in [6.07, 6.45) is 0. The van der Waals surface area contributed by atoms with Crippen LogP contribution < -0.4 is 0 Å². The molecule has 2 nitrogen and oxygen atoms in total. The van der Waals surface area contributed by atoms with Crippen LogP contribution >= 0.6 is 0 Å². The first kappa shape index (κ1) is 7.18. The number of hydrogen-bond acceptors (Lipinski definition) is 2. The van der Waals surface area contributed by atoms with E-state index in [0.717, 1.165) is 0 Å². The predicted molar refractivity (Wildman–Crippen MR) is 40.3 cm³/mol. The maximum atomic E-state index is 8.56. The van der Waals surface area contributed by atoms with E-state index in [0.29, 0.717) is 11.1 Å². The zero-order valence-electron chi connectivity index (χ0n) is 5.78. The minimum atomic E-state index is 0.414. The summed E-state index contributed by atoms with van der Waals surface area (Å²) in [5.41, 5.74) is 0.829. The van der Waals surface area contributed by atoms with Gasteiger partial charge in [-0.25, -0.2) is 0 Å². The highest BCUT2D eigenvalue weighted by Crippen LogP contribution is 2.02. The minimum Gasteiger partial charge on any atom is -0.191 e. The SMILES string of the molecule is N#Cc1ccc[cH+]cc1C#N. The van der Waals surface area contributed by atoms with E-state index in [2.05, 4.69) is 0 Å². The second kappa shape index (κ2) is 3.29. The van der Waals surface area contributed by atoms with Crippen molar-refractivity contribution in [3.05, 3.63) is 41.5 Å². The molecular formula is C9H5N2+. The topological polar surface area (TPSA) is 47.6 Å². The Kier molecular flexibility index (Phi) is 2.15. The van der Waals surface area contributed by atoms with Gasteiger partial charge in [0, 0.05) is 24.3 Å². The molecule has 0 atom stereocenters. The van der Waals surface area contributed by atoms with Crippen LogP contribution in [0.25, 0.3) is 0 Å². The van der Waals surface area contributed by atoms with Crippen molar-refractivity contribution in [2.24, 2.45) is 0 Å². The summed E-state index contributed by atoms with van der Waals surface area (Å²) < 4.78 is 0. The van der Waals surface area contributed by atoms with Crippen LogP contribution in [0, 0.1) is 22.7 Å². The molecule has 0 N–H and O–H groups in total. The van der Waals surface area contributed by atoms with Gasteiger partial charge in [0.15, 0.2) is 11.6 Å². The van der Waals surface area contributed by atoms with Gasteiger partial charge in [-0.05, 0) is 0 Å². The van der Waals surface area contributed by atoms with Crippen molar-refractivity contribution in [2.75, 3.05) is 0 Å². The normalized spacial score (nSPS) is 7.82. The molecular weight excluding hydrogens is 136 g/mol. The molecule has 0 saturated carbocycles. The first-order valence-electron chi connectivity index (χ1n) is 3.11. The summed E-state index contributed by atoms with van der Waals surface area (Å²) in [5.74, 6) is 0. The summed E-state index contributed by atoms with van der Waals surface area (Å²) in [6, 6.07) is 12.4. The van der Waals surface area contributed by atoms with Gasteiger partial charge in [-0.3, -0.25) is 0 Å². The Morgan fingerprint density at radius 1 is 1.18 bits per heavy atom. The Morgan fingerprint density at radius 2 is 1.91 bits per heavy atom. The van der Waals surface area contributed by atoms with E-state index in [1.54, 1.807) is 30.3 Å². The van der Waals surface area contributed by atoms with Crippen molar-refractivity contribution < 1.29 is 0 Å². The van der Waals surface area contributed by atoms with Crippen LogP contribution in [0.5, 0.6) is 0 Å². The van der Waals surface area contributed by atoms with E-state index in [9.17, 15) is 0 Å². The van der Waals surface area contributed by atoms with E-state index >= 15 is 0 Å². The standard InChI is InChI=1S/C9H5N2/c10-6-8-4-2-1-3-5-9(8)7-11/h1-5H/q+1. The Labute approximate surface area is 65.0 Å². The van der Waals surface area contributed by atoms with Crippen LogP contribution in [0.15, 0.2) is 30.3 Å². The number of hydrogen-bond donors (Lipinski definition) is 0. The van der Waals surface area contributed by atoms with Gasteiger partial charge in [-0.1, -0.05) is 0 Å². The lowest BCUT2D eigenvalue weighted by molar-refractivity contribution is 1.45. The Bertz CT molecular complexity index is 314. The fourth-order valence-electron chi connectivity index (χ4n) is 0.742. The molecule has 0 bridgehead atoms. The third kappa shape index (κ3) is 1.50. The molecule has 50 valence electrons. The quantitative estimate of drug-likeness (QED) is 0.516. The molecule has 11 heavy (non-hydrogen) atoms. The minimum absolute atomic E-state index is 0.414. The lowest BCUT2D eigenvalue weighted by Gasteiger charge is -1.74. The van der Waals surface area contributed by atoms with Crippen molar-refractivity contribution in [1.29, 1.82) is 10.5 Å². The number of nitrogens with zero attached hydrogens (tertiary/aromatic N) is 2. The molecule has 0 saturated heterocycles. The molecule has 0 fully saturated rings. The van der Waals surface area contributed by atoms with Crippen LogP contribution in [-0.4, -0.2) is 0 Å². The maximum Gasteiger partial charge on any atom is 0.169 e. The van der Waals surface area contributed by atoms with Gasteiger partial charge in [-0.15, -0.1) is 0 Å². The molecule has 0 spiro atoms. The van der Waals surface area contributed by atoms with Crippen LogP contribution in [-0.2, 0) is 0 Å². The van der Waals surface area contributed by atoms with E-state index in [4.69, 9.17) is 10.5 Å². The fourth-order valence-corrected chi connectivity index (χ4v) is 0.742. The van der Waals surface area contributed by atoms with Gasteiger partial charge in [0.2, 0.25) is 0 Å². The average Bonchev–Trinajstić information content (AvgIpc) is 2.27. The zero-order chi connectivity index (χ0) is 8.10. The highest BCUT2D eigenvalue weighted by Gasteiger charge is 2.02. The molecule has 0 aliphatic rings. The summed E-state index contributed by atoms with van der Waals surface area (Å²) in [5, 5.41) is 17.1. The highest BCUT2D eigenvalue weighted by molar-refractivity contribution is 5.43. The van der Waals surface area contributed by atoms with E-state index in [1.807, 2.05) is 12.1 Å². The van der Waals surface area contributed by atoms with E-state index < -0.39 is 0 Å². The van der Waals surface area contributed by atoms with Gasteiger partial charge in [0.25, 0.3) is 0 Å². The van der Waals surface area contributed by atoms with Crippen LogP contribution in [0.3, 0.4) is 0 Å². The summed E-state index contributed by atoms with van der Waals surface area (Å²) in [4.78, 5) is 0. The summed E-state index contributed by atoms with van der Waals surface area (Å²) in [7, 11) is 0. The largest absolute Gasteiger partial charge is 0.191 e. The van der Waals surface area contributed by atoms with Crippen LogP contribution in [0.4, 0.5) is 0 Å². The fraction of sp³-hybridized carbons (Fsp3) is 0. The molecule has 0 unspecified atom stereocenters. The molecule has 0 amide bonds. The number of nitriles is 2. The maximum absolute atomic E-state index is 8.56. The molecule has 2 heteroatoms. The second-order valence-electron chi connectivity index (χ2n) is 1.96. The smallest absolute Gasteiger partial charge is 0.169 e. The molecule has 1 aromatic rings. The third-order valence-electron chi connectivity index (χ3n) is 1.28. The molecule has 1 aromatic carbocycles. The highest BCUT2D eigenvalue weighted by atomic mass is 14.3. The second-order valence-corrected chi connectivity index (χ2v) is 1.96. The lowest BCUT2D eigenvalue weighted by atomic mass is 10.2. The van der Waals surface area contributed by atoms with Crippen molar-refractivity contribution in [3.63, 3.8) is 0 Å². The number of rotatable bonds is 0. The Balaban J connectivity index is 3.41. The van der Waals surface area contributed by atoms with Gasteiger partial charge < -0.3 is 0 Å². The van der Waals surface area contributed by atoms with Crippen LogP contribution in [0.1, 0.15) is 11.1 Å². The van der Waals surface area contributed by atoms with Gasteiger partial charge in [-0.2, -0.15) is 10.5 Å². The molecule has 0 heterocycles. The summed E-state index contributed by atoms with van der Waals surface area (Å²) >= 11 is 0. The Morgan fingerprint density at radius 3 is 2.55 bits per heavy atom. The molecule has 1 rings (SSSR count). The molecule has 0 aliphatic heterocycles. The molecule has 0 aromatic heterocycles. The van der Waals surface area contributed by atoms with E-state index in [-0.39, 0.29) is 0 Å². The lowest BCUT2D eigenvalue weighted by Crippen LogP contribution is -1.75. The van der Waals surface area contributed by atoms with Crippen molar-refractivity contribution in [2.45, 2.75) is 0 Å². The predicted octanol–water partition coefficient (Wildman–Crippen LogP) is 1.71. The first-order valence-corrected chi connectivity index (χ1v) is 3.11. The van der Waals surface area contributed by atoms with Gasteiger partial charge >= 0.3 is 0 Å². The van der Waals surface area contributed by atoms with E-state index in [1.165, 1.54) is 0 Å². The summed E-state index contributed by atoms with van der Waals surface area (Å²) in [6.45, 7) is 0. The van der Waals surface area contributed by atoms with Gasteiger partial charge in [0.05, 0.1) is 6.07 Å².